The summed E-state index contributed by atoms with van der Waals surface area (Å²) in [4.78, 5) is 12.2. The number of carbonyl (C=O) groups excluding carboxylic acids is 1. The van der Waals surface area contributed by atoms with Gasteiger partial charge in [-0.25, -0.2) is 0 Å². The van der Waals surface area contributed by atoms with Crippen molar-refractivity contribution in [2.45, 2.75) is 46.1 Å². The molecular formula is C21H27NO2. The molecule has 0 saturated carbocycles. The van der Waals surface area contributed by atoms with E-state index in [9.17, 15) is 4.79 Å². The first-order chi connectivity index (χ1) is 11.5. The molecule has 0 fully saturated rings. The van der Waals surface area contributed by atoms with E-state index in [4.69, 9.17) is 4.74 Å². The van der Waals surface area contributed by atoms with Gasteiger partial charge in [0.1, 0.15) is 5.75 Å². The zero-order valence-corrected chi connectivity index (χ0v) is 15.0. The molecule has 0 aromatic heterocycles. The second-order valence-electron chi connectivity index (χ2n) is 6.46. The molecule has 0 heterocycles. The third kappa shape index (κ3) is 5.12. The molecule has 1 N–H and O–H groups in total. The van der Waals surface area contributed by atoms with Gasteiger partial charge in [-0.15, -0.1) is 0 Å². The lowest BCUT2D eigenvalue weighted by Gasteiger charge is -2.16. The van der Waals surface area contributed by atoms with Crippen molar-refractivity contribution in [1.29, 1.82) is 0 Å². The van der Waals surface area contributed by atoms with Gasteiger partial charge >= 0.3 is 0 Å². The first kappa shape index (κ1) is 18.1. The Bertz CT molecular complexity index is 662. The Labute approximate surface area is 145 Å². The van der Waals surface area contributed by atoms with Crippen LogP contribution in [0.4, 0.5) is 0 Å². The van der Waals surface area contributed by atoms with E-state index in [0.29, 0.717) is 12.5 Å². The summed E-state index contributed by atoms with van der Waals surface area (Å²) in [6.45, 7) is 8.73. The molecule has 3 heteroatoms. The quantitative estimate of drug-likeness (QED) is 0.826. The van der Waals surface area contributed by atoms with Crippen molar-refractivity contribution in [3.8, 4) is 5.75 Å². The van der Waals surface area contributed by atoms with E-state index in [0.717, 1.165) is 17.7 Å². The minimum absolute atomic E-state index is 0.0861. The van der Waals surface area contributed by atoms with Crippen LogP contribution in [0.15, 0.2) is 48.5 Å². The van der Waals surface area contributed by atoms with Crippen molar-refractivity contribution >= 4 is 5.91 Å². The van der Waals surface area contributed by atoms with Crippen molar-refractivity contribution in [3.05, 3.63) is 65.2 Å². The lowest BCUT2D eigenvalue weighted by atomic mass is 10.0. The molecule has 2 aromatic carbocycles. The molecule has 128 valence electrons. The van der Waals surface area contributed by atoms with Gasteiger partial charge in [0, 0.05) is 6.54 Å². The number of nitrogens with one attached hydrogen (secondary N) is 1. The van der Waals surface area contributed by atoms with Crippen LogP contribution in [0.1, 0.15) is 43.4 Å². The van der Waals surface area contributed by atoms with Gasteiger partial charge in [-0.3, -0.25) is 4.79 Å². The smallest absolute Gasteiger partial charge is 0.260 e. The van der Waals surface area contributed by atoms with E-state index in [1.807, 2.05) is 31.2 Å². The van der Waals surface area contributed by atoms with E-state index in [1.165, 1.54) is 11.1 Å². The molecule has 0 radical (unpaired) electrons. The fourth-order valence-electron chi connectivity index (χ4n) is 2.48. The molecule has 24 heavy (non-hydrogen) atoms. The molecule has 0 spiro atoms. The predicted molar refractivity (Wildman–Crippen MR) is 98.5 cm³/mol. The van der Waals surface area contributed by atoms with Gasteiger partial charge in [0.25, 0.3) is 5.91 Å². The average Bonchev–Trinajstić information content (AvgIpc) is 2.57. The molecule has 0 aliphatic carbocycles. The first-order valence-electron chi connectivity index (χ1n) is 8.56. The van der Waals surface area contributed by atoms with E-state index in [1.54, 1.807) is 6.92 Å². The number of rotatable bonds is 7. The molecule has 0 aliphatic heterocycles. The maximum atomic E-state index is 12.2. The minimum Gasteiger partial charge on any atom is -0.481 e. The number of benzene rings is 2. The monoisotopic (exact) mass is 325 g/mol. The number of aryl methyl sites for hydroxylation is 1. The lowest BCUT2D eigenvalue weighted by Crippen LogP contribution is -2.37. The van der Waals surface area contributed by atoms with Crippen LogP contribution in [-0.2, 0) is 11.2 Å². The van der Waals surface area contributed by atoms with Gasteiger partial charge in [-0.2, -0.15) is 0 Å². The number of hydrogen-bond acceptors (Lipinski definition) is 2. The third-order valence-corrected chi connectivity index (χ3v) is 4.13. The summed E-state index contributed by atoms with van der Waals surface area (Å²) in [5.41, 5.74) is 3.60. The zero-order valence-electron chi connectivity index (χ0n) is 15.0. The first-order valence-corrected chi connectivity index (χ1v) is 8.56. The highest BCUT2D eigenvalue weighted by atomic mass is 16.5. The van der Waals surface area contributed by atoms with Crippen molar-refractivity contribution in [3.63, 3.8) is 0 Å². The highest BCUT2D eigenvalue weighted by Crippen LogP contribution is 2.18. The number of para-hydroxylation sites is 1. The molecule has 0 saturated heterocycles. The van der Waals surface area contributed by atoms with Crippen molar-refractivity contribution in [1.82, 2.24) is 5.32 Å². The minimum atomic E-state index is -0.505. The Morgan fingerprint density at radius 2 is 1.71 bits per heavy atom. The molecule has 2 aromatic rings. The maximum Gasteiger partial charge on any atom is 0.260 e. The Morgan fingerprint density at radius 1 is 1.04 bits per heavy atom. The van der Waals surface area contributed by atoms with Crippen molar-refractivity contribution in [2.75, 3.05) is 6.54 Å². The molecule has 1 amide bonds. The number of carbonyl (C=O) groups is 1. The summed E-state index contributed by atoms with van der Waals surface area (Å²) < 4.78 is 5.74. The fourth-order valence-corrected chi connectivity index (χ4v) is 2.48. The normalized spacial score (nSPS) is 12.0. The number of hydrogen-bond donors (Lipinski definition) is 1. The fraction of sp³-hybridized carbons (Fsp3) is 0.381. The molecule has 3 nitrogen and oxygen atoms in total. The Balaban J connectivity index is 1.79. The summed E-state index contributed by atoms with van der Waals surface area (Å²) in [7, 11) is 0. The Hall–Kier alpha value is -2.29. The maximum absolute atomic E-state index is 12.2. The predicted octanol–water partition coefficient (Wildman–Crippen LogP) is 4.24. The number of amides is 1. The van der Waals surface area contributed by atoms with E-state index in [-0.39, 0.29) is 5.91 Å². The second kappa shape index (κ2) is 8.53. The number of ether oxygens (including phenoxy) is 1. The van der Waals surface area contributed by atoms with Crippen LogP contribution in [-0.4, -0.2) is 18.6 Å². The summed E-state index contributed by atoms with van der Waals surface area (Å²) in [6, 6.07) is 16.3. The molecule has 1 unspecified atom stereocenters. The molecule has 0 bridgehead atoms. The van der Waals surface area contributed by atoms with Gasteiger partial charge in [0.2, 0.25) is 0 Å². The van der Waals surface area contributed by atoms with Gasteiger partial charge in [0.15, 0.2) is 6.10 Å². The summed E-state index contributed by atoms with van der Waals surface area (Å²) in [5, 5.41) is 2.94. The van der Waals surface area contributed by atoms with Crippen LogP contribution >= 0.6 is 0 Å². The average molecular weight is 325 g/mol. The standard InChI is InChI=1S/C21H27NO2/c1-15(2)19-11-9-18(10-12-19)13-14-22-21(23)17(4)24-20-8-6-5-7-16(20)3/h5-12,15,17H,13-14H2,1-4H3,(H,22,23). The van der Waals surface area contributed by atoms with E-state index >= 15 is 0 Å². The van der Waals surface area contributed by atoms with Crippen molar-refractivity contribution in [2.24, 2.45) is 0 Å². The Morgan fingerprint density at radius 3 is 2.33 bits per heavy atom. The molecular weight excluding hydrogens is 298 g/mol. The van der Waals surface area contributed by atoms with Gasteiger partial charge < -0.3 is 10.1 Å². The summed E-state index contributed by atoms with van der Waals surface area (Å²) in [6.07, 6.45) is 0.315. The van der Waals surface area contributed by atoms with Crippen LogP contribution in [0.25, 0.3) is 0 Å². The van der Waals surface area contributed by atoms with E-state index in [2.05, 4.69) is 43.4 Å². The molecule has 0 aliphatic rings. The lowest BCUT2D eigenvalue weighted by molar-refractivity contribution is -0.127. The van der Waals surface area contributed by atoms with Crippen LogP contribution < -0.4 is 10.1 Å². The highest BCUT2D eigenvalue weighted by molar-refractivity contribution is 5.80. The highest BCUT2D eigenvalue weighted by Gasteiger charge is 2.14. The van der Waals surface area contributed by atoms with Crippen LogP contribution in [0, 0.1) is 6.92 Å². The van der Waals surface area contributed by atoms with Gasteiger partial charge in [-0.1, -0.05) is 56.3 Å². The molecule has 2 rings (SSSR count). The van der Waals surface area contributed by atoms with Crippen LogP contribution in [0.2, 0.25) is 0 Å². The van der Waals surface area contributed by atoms with Gasteiger partial charge in [0.05, 0.1) is 0 Å². The summed E-state index contributed by atoms with van der Waals surface area (Å²) >= 11 is 0. The van der Waals surface area contributed by atoms with Crippen molar-refractivity contribution < 1.29 is 9.53 Å². The zero-order chi connectivity index (χ0) is 17.5. The third-order valence-electron chi connectivity index (χ3n) is 4.13. The van der Waals surface area contributed by atoms with Gasteiger partial charge in [-0.05, 0) is 48.9 Å². The largest absolute Gasteiger partial charge is 0.481 e. The second-order valence-corrected chi connectivity index (χ2v) is 6.46. The topological polar surface area (TPSA) is 38.3 Å². The summed E-state index contributed by atoms with van der Waals surface area (Å²) in [5.74, 6) is 1.21. The van der Waals surface area contributed by atoms with E-state index < -0.39 is 6.10 Å². The SMILES string of the molecule is Cc1ccccc1OC(C)C(=O)NCCc1ccc(C(C)C)cc1. The van der Waals surface area contributed by atoms with Crippen LogP contribution in [0.3, 0.4) is 0 Å². The molecule has 1 atom stereocenters. The Kier molecular flexibility index (Phi) is 6.42. The van der Waals surface area contributed by atoms with Crippen LogP contribution in [0.5, 0.6) is 5.75 Å².